The molecule has 0 atom stereocenters. The van der Waals surface area contributed by atoms with Crippen molar-refractivity contribution < 1.29 is 14.5 Å². The summed E-state index contributed by atoms with van der Waals surface area (Å²) >= 11 is 0. The van der Waals surface area contributed by atoms with Crippen molar-refractivity contribution in [3.8, 4) is 0 Å². The predicted molar refractivity (Wildman–Crippen MR) is 63.3 cm³/mol. The fourth-order valence-corrected chi connectivity index (χ4v) is 1.43. The summed E-state index contributed by atoms with van der Waals surface area (Å²) in [5.74, 6) is -0.502. The van der Waals surface area contributed by atoms with Crippen LogP contribution in [0, 0.1) is 10.1 Å². The van der Waals surface area contributed by atoms with Crippen LogP contribution in [0.4, 0.5) is 5.69 Å². The second-order valence-electron chi connectivity index (χ2n) is 3.57. The van der Waals surface area contributed by atoms with Gasteiger partial charge in [-0.25, -0.2) is 0 Å². The standard InChI is InChI=1S/C10H16N4O4/c1-3-18-6-4-5-11-10(15)9-8(14(16)17)7-12-13(9)2/h7H,3-6H2,1-2H3,(H,11,15). The Bertz CT molecular complexity index is 430. The van der Waals surface area contributed by atoms with Gasteiger partial charge in [0.25, 0.3) is 5.91 Å². The van der Waals surface area contributed by atoms with E-state index in [0.717, 1.165) is 6.20 Å². The van der Waals surface area contributed by atoms with Gasteiger partial charge in [-0.15, -0.1) is 0 Å². The highest BCUT2D eigenvalue weighted by Crippen LogP contribution is 2.16. The number of aromatic nitrogens is 2. The quantitative estimate of drug-likeness (QED) is 0.434. The summed E-state index contributed by atoms with van der Waals surface area (Å²) in [4.78, 5) is 21.9. The molecule has 100 valence electrons. The SMILES string of the molecule is CCOCCCNC(=O)c1c([N+](=O)[O-])cnn1C. The topological polar surface area (TPSA) is 99.3 Å². The lowest BCUT2D eigenvalue weighted by Crippen LogP contribution is -2.28. The molecule has 0 aliphatic carbocycles. The van der Waals surface area contributed by atoms with Crippen molar-refractivity contribution >= 4 is 11.6 Å². The molecule has 1 N–H and O–H groups in total. The third kappa shape index (κ3) is 3.52. The van der Waals surface area contributed by atoms with Crippen LogP contribution in [0.5, 0.6) is 0 Å². The first kappa shape index (κ1) is 14.1. The van der Waals surface area contributed by atoms with E-state index in [1.165, 1.54) is 11.7 Å². The lowest BCUT2D eigenvalue weighted by atomic mass is 10.3. The summed E-state index contributed by atoms with van der Waals surface area (Å²) in [5, 5.41) is 17.0. The molecule has 8 nitrogen and oxygen atoms in total. The highest BCUT2D eigenvalue weighted by Gasteiger charge is 2.24. The molecule has 0 unspecified atom stereocenters. The molecule has 1 aromatic heterocycles. The Balaban J connectivity index is 2.56. The van der Waals surface area contributed by atoms with Gasteiger partial charge in [-0.1, -0.05) is 0 Å². The minimum absolute atomic E-state index is 0.0450. The Labute approximate surface area is 104 Å². The van der Waals surface area contributed by atoms with Crippen molar-refractivity contribution in [2.45, 2.75) is 13.3 Å². The molecule has 0 saturated carbocycles. The van der Waals surface area contributed by atoms with Crippen LogP contribution in [0.15, 0.2) is 6.20 Å². The van der Waals surface area contributed by atoms with Crippen LogP contribution >= 0.6 is 0 Å². The molecule has 1 aromatic rings. The maximum atomic E-state index is 11.8. The largest absolute Gasteiger partial charge is 0.382 e. The zero-order valence-corrected chi connectivity index (χ0v) is 10.4. The first-order valence-corrected chi connectivity index (χ1v) is 5.60. The summed E-state index contributed by atoms with van der Waals surface area (Å²) in [5.41, 5.74) is -0.337. The second-order valence-corrected chi connectivity index (χ2v) is 3.57. The van der Waals surface area contributed by atoms with Gasteiger partial charge in [0, 0.05) is 26.8 Å². The molecule has 0 aliphatic heterocycles. The Morgan fingerprint density at radius 1 is 1.67 bits per heavy atom. The van der Waals surface area contributed by atoms with Crippen LogP contribution in [0.25, 0.3) is 0 Å². The van der Waals surface area contributed by atoms with Crippen molar-refractivity contribution in [2.75, 3.05) is 19.8 Å². The Hall–Kier alpha value is -1.96. The number of amides is 1. The highest BCUT2D eigenvalue weighted by atomic mass is 16.6. The molecular weight excluding hydrogens is 240 g/mol. The normalized spacial score (nSPS) is 10.3. The molecule has 0 aromatic carbocycles. The molecule has 0 fully saturated rings. The first-order chi connectivity index (χ1) is 8.57. The molecule has 1 heterocycles. The number of nitro groups is 1. The van der Waals surface area contributed by atoms with Crippen LogP contribution in [-0.4, -0.2) is 40.4 Å². The zero-order chi connectivity index (χ0) is 13.5. The monoisotopic (exact) mass is 256 g/mol. The number of rotatable bonds is 7. The van der Waals surface area contributed by atoms with Gasteiger partial charge in [-0.2, -0.15) is 5.10 Å². The number of nitrogens with zero attached hydrogens (tertiary/aromatic N) is 3. The van der Waals surface area contributed by atoms with E-state index in [9.17, 15) is 14.9 Å². The van der Waals surface area contributed by atoms with Gasteiger partial charge < -0.3 is 10.1 Å². The number of hydrogen-bond acceptors (Lipinski definition) is 5. The summed E-state index contributed by atoms with van der Waals surface area (Å²) in [6, 6.07) is 0. The maximum Gasteiger partial charge on any atom is 0.320 e. The van der Waals surface area contributed by atoms with Gasteiger partial charge in [0.05, 0.1) is 4.92 Å². The van der Waals surface area contributed by atoms with Crippen molar-refractivity contribution in [2.24, 2.45) is 7.05 Å². The van der Waals surface area contributed by atoms with E-state index < -0.39 is 10.8 Å². The Morgan fingerprint density at radius 2 is 2.39 bits per heavy atom. The average Bonchev–Trinajstić information content (AvgIpc) is 2.71. The minimum Gasteiger partial charge on any atom is -0.382 e. The highest BCUT2D eigenvalue weighted by molar-refractivity contribution is 5.96. The number of carbonyl (C=O) groups is 1. The molecular formula is C10H16N4O4. The molecule has 0 radical (unpaired) electrons. The van der Waals surface area contributed by atoms with E-state index in [2.05, 4.69) is 10.4 Å². The van der Waals surface area contributed by atoms with Crippen LogP contribution in [0.1, 0.15) is 23.8 Å². The van der Waals surface area contributed by atoms with Gasteiger partial charge in [-0.3, -0.25) is 19.6 Å². The molecule has 0 bridgehead atoms. The number of aryl methyl sites for hydroxylation is 1. The van der Waals surface area contributed by atoms with E-state index in [1.54, 1.807) is 0 Å². The summed E-state index contributed by atoms with van der Waals surface area (Å²) < 4.78 is 6.31. The fourth-order valence-electron chi connectivity index (χ4n) is 1.43. The van der Waals surface area contributed by atoms with Crippen molar-refractivity contribution in [3.05, 3.63) is 22.0 Å². The summed E-state index contributed by atoms with van der Waals surface area (Å²) in [7, 11) is 1.49. The molecule has 18 heavy (non-hydrogen) atoms. The van der Waals surface area contributed by atoms with E-state index >= 15 is 0 Å². The third-order valence-corrected chi connectivity index (χ3v) is 2.29. The van der Waals surface area contributed by atoms with Crippen LogP contribution < -0.4 is 5.32 Å². The summed E-state index contributed by atoms with van der Waals surface area (Å²) in [6.07, 6.45) is 1.72. The Kier molecular flexibility index (Phi) is 5.25. The Morgan fingerprint density at radius 3 is 3.00 bits per heavy atom. The summed E-state index contributed by atoms with van der Waals surface area (Å²) in [6.45, 7) is 3.46. The van der Waals surface area contributed by atoms with Crippen molar-refractivity contribution in [1.29, 1.82) is 0 Å². The van der Waals surface area contributed by atoms with Gasteiger partial charge in [0.15, 0.2) is 0 Å². The average molecular weight is 256 g/mol. The molecule has 8 heteroatoms. The fraction of sp³-hybridized carbons (Fsp3) is 0.600. The smallest absolute Gasteiger partial charge is 0.320 e. The van der Waals surface area contributed by atoms with E-state index in [4.69, 9.17) is 4.74 Å². The molecule has 0 saturated heterocycles. The number of ether oxygens (including phenoxy) is 1. The van der Waals surface area contributed by atoms with Crippen LogP contribution in [-0.2, 0) is 11.8 Å². The number of hydrogen-bond donors (Lipinski definition) is 1. The second kappa shape index (κ2) is 6.70. The molecule has 0 aliphatic rings. The lowest BCUT2D eigenvalue weighted by molar-refractivity contribution is -0.385. The van der Waals surface area contributed by atoms with E-state index in [0.29, 0.717) is 26.2 Å². The first-order valence-electron chi connectivity index (χ1n) is 5.60. The van der Waals surface area contributed by atoms with Crippen molar-refractivity contribution in [1.82, 2.24) is 15.1 Å². The predicted octanol–water partition coefficient (Wildman–Crippen LogP) is 0.485. The van der Waals surface area contributed by atoms with Crippen LogP contribution in [0.3, 0.4) is 0 Å². The van der Waals surface area contributed by atoms with Crippen molar-refractivity contribution in [3.63, 3.8) is 0 Å². The zero-order valence-electron chi connectivity index (χ0n) is 10.4. The van der Waals surface area contributed by atoms with Gasteiger partial charge in [-0.05, 0) is 13.3 Å². The molecule has 1 amide bonds. The van der Waals surface area contributed by atoms with E-state index in [1.807, 2.05) is 6.92 Å². The minimum atomic E-state index is -0.623. The van der Waals surface area contributed by atoms with Crippen LogP contribution in [0.2, 0.25) is 0 Å². The number of carbonyl (C=O) groups excluding carboxylic acids is 1. The number of nitrogens with one attached hydrogen (secondary N) is 1. The van der Waals surface area contributed by atoms with Gasteiger partial charge >= 0.3 is 5.69 Å². The molecule has 0 spiro atoms. The third-order valence-electron chi connectivity index (χ3n) is 2.29. The van der Waals surface area contributed by atoms with E-state index in [-0.39, 0.29) is 11.4 Å². The maximum absolute atomic E-state index is 11.8. The van der Waals surface area contributed by atoms with Gasteiger partial charge in [0.1, 0.15) is 6.20 Å². The lowest BCUT2D eigenvalue weighted by Gasteiger charge is -2.05. The molecule has 1 rings (SSSR count). The van der Waals surface area contributed by atoms with Gasteiger partial charge in [0.2, 0.25) is 5.69 Å².